The Morgan fingerprint density at radius 3 is 2.82 bits per heavy atom. The van der Waals surface area contributed by atoms with Crippen LogP contribution in [0, 0.1) is 0 Å². The van der Waals surface area contributed by atoms with E-state index < -0.39 is 5.97 Å². The third-order valence-corrected chi connectivity index (χ3v) is 3.39. The van der Waals surface area contributed by atoms with Gasteiger partial charge >= 0.3 is 5.97 Å². The normalized spacial score (nSPS) is 16.7. The Morgan fingerprint density at radius 2 is 2.12 bits per heavy atom. The fourth-order valence-electron chi connectivity index (χ4n) is 2.57. The number of benzene rings is 1. The van der Waals surface area contributed by atoms with Gasteiger partial charge in [-0.3, -0.25) is 0 Å². The van der Waals surface area contributed by atoms with E-state index in [2.05, 4.69) is 10.3 Å². The molecule has 3 rings (SSSR count). The highest BCUT2D eigenvalue weighted by Crippen LogP contribution is 2.31. The zero-order chi connectivity index (χ0) is 11.8. The van der Waals surface area contributed by atoms with E-state index in [1.54, 1.807) is 22.9 Å². The first-order valence-electron chi connectivity index (χ1n) is 5.84. The number of para-hydroxylation sites is 1. The van der Waals surface area contributed by atoms with Crippen LogP contribution in [0.3, 0.4) is 0 Å². The number of fused-ring (bicyclic) bond motifs is 1. The van der Waals surface area contributed by atoms with Gasteiger partial charge in [0.05, 0.1) is 11.6 Å². The quantitative estimate of drug-likeness (QED) is 0.860. The van der Waals surface area contributed by atoms with Crippen molar-refractivity contribution in [2.75, 3.05) is 0 Å². The maximum Gasteiger partial charge on any atom is 0.337 e. The van der Waals surface area contributed by atoms with Crippen molar-refractivity contribution >= 4 is 17.0 Å². The van der Waals surface area contributed by atoms with Gasteiger partial charge in [0, 0.05) is 0 Å². The van der Waals surface area contributed by atoms with E-state index in [1.165, 1.54) is 12.8 Å². The second-order valence-corrected chi connectivity index (χ2v) is 4.45. The molecule has 1 saturated carbocycles. The van der Waals surface area contributed by atoms with Crippen LogP contribution in [0.15, 0.2) is 18.2 Å². The van der Waals surface area contributed by atoms with Gasteiger partial charge in [0.25, 0.3) is 0 Å². The highest BCUT2D eigenvalue weighted by Gasteiger charge is 2.23. The van der Waals surface area contributed by atoms with E-state index in [0.29, 0.717) is 22.6 Å². The summed E-state index contributed by atoms with van der Waals surface area (Å²) in [6.45, 7) is 0. The van der Waals surface area contributed by atoms with Crippen LogP contribution in [-0.2, 0) is 0 Å². The van der Waals surface area contributed by atoms with E-state index in [4.69, 9.17) is 0 Å². The molecule has 0 amide bonds. The molecule has 1 aliphatic rings. The number of carboxylic acids is 1. The Morgan fingerprint density at radius 1 is 1.35 bits per heavy atom. The monoisotopic (exact) mass is 231 g/mol. The molecule has 1 N–H and O–H groups in total. The van der Waals surface area contributed by atoms with Crippen molar-refractivity contribution in [3.63, 3.8) is 0 Å². The molecule has 1 aliphatic carbocycles. The number of aromatic carboxylic acids is 1. The third-order valence-electron chi connectivity index (χ3n) is 3.39. The summed E-state index contributed by atoms with van der Waals surface area (Å²) >= 11 is 0. The third kappa shape index (κ3) is 1.58. The number of aromatic nitrogens is 3. The highest BCUT2D eigenvalue weighted by atomic mass is 16.4. The Hall–Kier alpha value is -1.91. The van der Waals surface area contributed by atoms with E-state index in [1.807, 2.05) is 0 Å². The highest BCUT2D eigenvalue weighted by molar-refractivity contribution is 6.00. The van der Waals surface area contributed by atoms with E-state index >= 15 is 0 Å². The fourth-order valence-corrected chi connectivity index (χ4v) is 2.57. The van der Waals surface area contributed by atoms with Crippen molar-refractivity contribution in [3.8, 4) is 0 Å². The number of hydrogen-bond acceptors (Lipinski definition) is 3. The van der Waals surface area contributed by atoms with Crippen LogP contribution in [0.25, 0.3) is 11.0 Å². The largest absolute Gasteiger partial charge is 0.478 e. The lowest BCUT2D eigenvalue weighted by atomic mass is 10.1. The van der Waals surface area contributed by atoms with Crippen LogP contribution in [0.4, 0.5) is 0 Å². The summed E-state index contributed by atoms with van der Waals surface area (Å²) in [4.78, 5) is 11.2. The number of rotatable bonds is 2. The predicted octanol–water partition coefficient (Wildman–Crippen LogP) is 2.24. The molecule has 1 aromatic heterocycles. The summed E-state index contributed by atoms with van der Waals surface area (Å²) in [5.41, 5.74) is 1.61. The molecule has 88 valence electrons. The molecule has 1 heterocycles. The van der Waals surface area contributed by atoms with Gasteiger partial charge in [0.15, 0.2) is 0 Å². The molecule has 0 unspecified atom stereocenters. The van der Waals surface area contributed by atoms with Crippen molar-refractivity contribution in [1.82, 2.24) is 15.0 Å². The Balaban J connectivity index is 2.21. The lowest BCUT2D eigenvalue weighted by molar-refractivity contribution is 0.0698. The molecule has 1 fully saturated rings. The van der Waals surface area contributed by atoms with Crippen molar-refractivity contribution in [1.29, 1.82) is 0 Å². The zero-order valence-electron chi connectivity index (χ0n) is 9.33. The van der Waals surface area contributed by atoms with Gasteiger partial charge in [0.2, 0.25) is 0 Å². The van der Waals surface area contributed by atoms with E-state index in [-0.39, 0.29) is 0 Å². The topological polar surface area (TPSA) is 68.0 Å². The summed E-state index contributed by atoms with van der Waals surface area (Å²) < 4.78 is 1.80. The predicted molar refractivity (Wildman–Crippen MR) is 62.0 cm³/mol. The maximum absolute atomic E-state index is 11.2. The van der Waals surface area contributed by atoms with Gasteiger partial charge in [-0.05, 0) is 25.0 Å². The van der Waals surface area contributed by atoms with Crippen LogP contribution >= 0.6 is 0 Å². The summed E-state index contributed by atoms with van der Waals surface area (Å²) in [5.74, 6) is -0.919. The molecule has 0 atom stereocenters. The first-order chi connectivity index (χ1) is 8.27. The molecular weight excluding hydrogens is 218 g/mol. The van der Waals surface area contributed by atoms with Crippen LogP contribution in [0.2, 0.25) is 0 Å². The molecule has 0 bridgehead atoms. The van der Waals surface area contributed by atoms with Gasteiger partial charge < -0.3 is 5.11 Å². The molecule has 0 spiro atoms. The summed E-state index contributed by atoms with van der Waals surface area (Å²) in [6, 6.07) is 5.43. The van der Waals surface area contributed by atoms with Crippen molar-refractivity contribution in [2.24, 2.45) is 0 Å². The second-order valence-electron chi connectivity index (χ2n) is 4.45. The van der Waals surface area contributed by atoms with Crippen LogP contribution in [0.1, 0.15) is 42.1 Å². The fraction of sp³-hybridized carbons (Fsp3) is 0.417. The second kappa shape index (κ2) is 3.84. The Bertz CT molecular complexity index is 570. The molecule has 0 radical (unpaired) electrons. The average molecular weight is 231 g/mol. The first-order valence-corrected chi connectivity index (χ1v) is 5.84. The maximum atomic E-state index is 11.2. The van der Waals surface area contributed by atoms with E-state index in [0.717, 1.165) is 12.8 Å². The Labute approximate surface area is 98.0 Å². The molecule has 1 aromatic carbocycles. The Kier molecular flexibility index (Phi) is 2.31. The van der Waals surface area contributed by atoms with Gasteiger partial charge in [-0.15, -0.1) is 5.10 Å². The molecule has 2 aromatic rings. The average Bonchev–Trinajstić information content (AvgIpc) is 2.96. The lowest BCUT2D eigenvalue weighted by Crippen LogP contribution is -2.09. The summed E-state index contributed by atoms with van der Waals surface area (Å²) in [7, 11) is 0. The van der Waals surface area contributed by atoms with Crippen molar-refractivity contribution in [2.45, 2.75) is 31.7 Å². The van der Waals surface area contributed by atoms with Gasteiger partial charge in [0.1, 0.15) is 11.0 Å². The smallest absolute Gasteiger partial charge is 0.337 e. The number of carboxylic acid groups (broad SMARTS) is 1. The minimum Gasteiger partial charge on any atom is -0.478 e. The molecule has 5 nitrogen and oxygen atoms in total. The summed E-state index contributed by atoms with van der Waals surface area (Å²) in [6.07, 6.45) is 4.49. The standard InChI is InChI=1S/C12H13N3O2/c16-12(17)9-6-3-7-10-11(9)15(14-13-10)8-4-1-2-5-8/h3,6-8H,1-2,4-5H2,(H,16,17). The number of nitrogens with zero attached hydrogens (tertiary/aromatic N) is 3. The van der Waals surface area contributed by atoms with Gasteiger partial charge in [-0.25, -0.2) is 9.48 Å². The molecule has 17 heavy (non-hydrogen) atoms. The van der Waals surface area contributed by atoms with Crippen LogP contribution < -0.4 is 0 Å². The molecule has 0 aliphatic heterocycles. The molecular formula is C12H13N3O2. The van der Waals surface area contributed by atoms with Crippen molar-refractivity contribution in [3.05, 3.63) is 23.8 Å². The lowest BCUT2D eigenvalue weighted by Gasteiger charge is -2.10. The zero-order valence-corrected chi connectivity index (χ0v) is 9.33. The molecule has 5 heteroatoms. The SMILES string of the molecule is O=C(O)c1cccc2nnn(C3CCCC3)c12. The minimum absolute atomic E-state index is 0.291. The number of hydrogen-bond donors (Lipinski definition) is 1. The minimum atomic E-state index is -0.919. The summed E-state index contributed by atoms with van der Waals surface area (Å²) in [5, 5.41) is 17.4. The number of carbonyl (C=O) groups is 1. The van der Waals surface area contributed by atoms with Gasteiger partial charge in [-0.2, -0.15) is 0 Å². The van der Waals surface area contributed by atoms with Crippen LogP contribution in [-0.4, -0.2) is 26.1 Å². The van der Waals surface area contributed by atoms with Gasteiger partial charge in [-0.1, -0.05) is 24.1 Å². The molecule has 0 saturated heterocycles. The van der Waals surface area contributed by atoms with E-state index in [9.17, 15) is 9.90 Å². The van der Waals surface area contributed by atoms with Crippen molar-refractivity contribution < 1.29 is 9.90 Å². The van der Waals surface area contributed by atoms with Crippen LogP contribution in [0.5, 0.6) is 0 Å². The first kappa shape index (κ1) is 10.3.